The SMILES string of the molecule is COc1ccc(CNCCC(=O)Nc2cccc(C(C)=O)c2)cc1OC. The van der Waals surface area contributed by atoms with Gasteiger partial charge in [-0.25, -0.2) is 0 Å². The quantitative estimate of drug-likeness (QED) is 0.533. The number of hydrogen-bond donors (Lipinski definition) is 2. The van der Waals surface area contributed by atoms with Crippen molar-refractivity contribution in [2.75, 3.05) is 26.1 Å². The van der Waals surface area contributed by atoms with Crippen LogP contribution in [0.1, 0.15) is 29.3 Å². The van der Waals surface area contributed by atoms with E-state index in [1.54, 1.807) is 38.5 Å². The van der Waals surface area contributed by atoms with E-state index >= 15 is 0 Å². The predicted octanol–water partition coefficient (Wildman–Crippen LogP) is 3.02. The first kappa shape index (κ1) is 19.5. The Morgan fingerprint density at radius 2 is 1.77 bits per heavy atom. The number of anilines is 1. The van der Waals surface area contributed by atoms with Crippen molar-refractivity contribution < 1.29 is 19.1 Å². The van der Waals surface area contributed by atoms with Gasteiger partial charge in [-0.15, -0.1) is 0 Å². The van der Waals surface area contributed by atoms with Crippen molar-refractivity contribution in [3.8, 4) is 11.5 Å². The Morgan fingerprint density at radius 1 is 1.00 bits per heavy atom. The van der Waals surface area contributed by atoms with E-state index in [9.17, 15) is 9.59 Å². The molecule has 0 atom stereocenters. The Bertz CT molecular complexity index is 774. The summed E-state index contributed by atoms with van der Waals surface area (Å²) >= 11 is 0. The van der Waals surface area contributed by atoms with E-state index in [2.05, 4.69) is 10.6 Å². The number of carbonyl (C=O) groups is 2. The number of Topliss-reactive ketones (excluding diaryl/α,β-unsaturated/α-hetero) is 1. The predicted molar refractivity (Wildman–Crippen MR) is 101 cm³/mol. The first-order valence-electron chi connectivity index (χ1n) is 8.36. The maximum atomic E-state index is 12.0. The largest absolute Gasteiger partial charge is 0.493 e. The molecule has 2 aromatic rings. The lowest BCUT2D eigenvalue weighted by Crippen LogP contribution is -2.21. The van der Waals surface area contributed by atoms with Gasteiger partial charge in [0.05, 0.1) is 14.2 Å². The molecule has 0 spiro atoms. The van der Waals surface area contributed by atoms with E-state index in [4.69, 9.17) is 9.47 Å². The minimum Gasteiger partial charge on any atom is -0.493 e. The van der Waals surface area contributed by atoms with E-state index in [0.717, 1.165) is 5.56 Å². The number of benzene rings is 2. The van der Waals surface area contributed by atoms with Crippen LogP contribution in [0.4, 0.5) is 5.69 Å². The molecule has 2 aromatic carbocycles. The summed E-state index contributed by atoms with van der Waals surface area (Å²) in [5, 5.41) is 6.03. The lowest BCUT2D eigenvalue weighted by atomic mass is 10.1. The molecule has 6 heteroatoms. The third kappa shape index (κ3) is 5.60. The van der Waals surface area contributed by atoms with E-state index in [1.165, 1.54) is 6.92 Å². The zero-order valence-corrected chi connectivity index (χ0v) is 15.3. The molecule has 0 aliphatic heterocycles. The van der Waals surface area contributed by atoms with Gasteiger partial charge >= 0.3 is 0 Å². The van der Waals surface area contributed by atoms with Crippen molar-refractivity contribution in [2.24, 2.45) is 0 Å². The Balaban J connectivity index is 1.78. The fourth-order valence-corrected chi connectivity index (χ4v) is 2.46. The molecular weight excluding hydrogens is 332 g/mol. The molecule has 2 N–H and O–H groups in total. The molecule has 0 unspecified atom stereocenters. The lowest BCUT2D eigenvalue weighted by molar-refractivity contribution is -0.116. The Labute approximate surface area is 153 Å². The molecule has 26 heavy (non-hydrogen) atoms. The third-order valence-electron chi connectivity index (χ3n) is 3.86. The van der Waals surface area contributed by atoms with Crippen LogP contribution < -0.4 is 20.1 Å². The maximum absolute atomic E-state index is 12.0. The van der Waals surface area contributed by atoms with Crippen LogP contribution in [-0.2, 0) is 11.3 Å². The number of methoxy groups -OCH3 is 2. The summed E-state index contributed by atoms with van der Waals surface area (Å²) < 4.78 is 10.5. The molecular formula is C20H24N2O4. The van der Waals surface area contributed by atoms with Crippen LogP contribution in [0.3, 0.4) is 0 Å². The molecule has 0 aromatic heterocycles. The first-order valence-corrected chi connectivity index (χ1v) is 8.36. The average molecular weight is 356 g/mol. The van der Waals surface area contributed by atoms with Gasteiger partial charge in [0.1, 0.15) is 0 Å². The molecule has 0 bridgehead atoms. The van der Waals surface area contributed by atoms with Crippen LogP contribution in [0.25, 0.3) is 0 Å². The summed E-state index contributed by atoms with van der Waals surface area (Å²) in [6, 6.07) is 12.6. The molecule has 0 fully saturated rings. The Morgan fingerprint density at radius 3 is 2.46 bits per heavy atom. The second-order valence-corrected chi connectivity index (χ2v) is 5.80. The van der Waals surface area contributed by atoms with Gasteiger partial charge in [0.15, 0.2) is 17.3 Å². The lowest BCUT2D eigenvalue weighted by Gasteiger charge is -2.10. The van der Waals surface area contributed by atoms with Crippen molar-refractivity contribution in [2.45, 2.75) is 19.9 Å². The number of ether oxygens (including phenoxy) is 2. The van der Waals surface area contributed by atoms with Crippen molar-refractivity contribution in [1.82, 2.24) is 5.32 Å². The van der Waals surface area contributed by atoms with E-state index in [1.807, 2.05) is 18.2 Å². The molecule has 6 nitrogen and oxygen atoms in total. The van der Waals surface area contributed by atoms with Gasteiger partial charge in [-0.1, -0.05) is 18.2 Å². The molecule has 0 heterocycles. The van der Waals surface area contributed by atoms with Gasteiger partial charge in [0, 0.05) is 30.8 Å². The summed E-state index contributed by atoms with van der Waals surface area (Å²) in [7, 11) is 3.20. The van der Waals surface area contributed by atoms with Gasteiger partial charge < -0.3 is 20.1 Å². The van der Waals surface area contributed by atoms with E-state index in [0.29, 0.717) is 42.3 Å². The van der Waals surface area contributed by atoms with Crippen LogP contribution in [-0.4, -0.2) is 32.5 Å². The normalized spacial score (nSPS) is 10.3. The molecule has 0 saturated heterocycles. The zero-order valence-electron chi connectivity index (χ0n) is 15.3. The molecule has 1 amide bonds. The summed E-state index contributed by atoms with van der Waals surface area (Å²) in [4.78, 5) is 23.4. The first-order chi connectivity index (χ1) is 12.5. The number of hydrogen-bond acceptors (Lipinski definition) is 5. The third-order valence-corrected chi connectivity index (χ3v) is 3.86. The molecule has 0 aliphatic rings. The van der Waals surface area contributed by atoms with Gasteiger partial charge in [-0.2, -0.15) is 0 Å². The van der Waals surface area contributed by atoms with Crippen molar-refractivity contribution in [3.05, 3.63) is 53.6 Å². The highest BCUT2D eigenvalue weighted by atomic mass is 16.5. The molecule has 138 valence electrons. The smallest absolute Gasteiger partial charge is 0.225 e. The summed E-state index contributed by atoms with van der Waals surface area (Å²) in [6.07, 6.45) is 0.331. The Kier molecular flexibility index (Phi) is 7.17. The van der Waals surface area contributed by atoms with Crippen LogP contribution in [0.15, 0.2) is 42.5 Å². The van der Waals surface area contributed by atoms with Gasteiger partial charge in [0.2, 0.25) is 5.91 Å². The highest BCUT2D eigenvalue weighted by Gasteiger charge is 2.06. The van der Waals surface area contributed by atoms with Gasteiger partial charge in [0.25, 0.3) is 0 Å². The summed E-state index contributed by atoms with van der Waals surface area (Å²) in [5.41, 5.74) is 2.24. The fraction of sp³-hybridized carbons (Fsp3) is 0.300. The Hall–Kier alpha value is -2.86. The van der Waals surface area contributed by atoms with E-state index < -0.39 is 0 Å². The monoisotopic (exact) mass is 356 g/mol. The zero-order chi connectivity index (χ0) is 18.9. The summed E-state index contributed by atoms with van der Waals surface area (Å²) in [6.45, 7) is 2.65. The van der Waals surface area contributed by atoms with Crippen LogP contribution in [0.2, 0.25) is 0 Å². The van der Waals surface area contributed by atoms with Crippen LogP contribution >= 0.6 is 0 Å². The minimum absolute atomic E-state index is 0.0299. The number of amides is 1. The molecule has 0 saturated carbocycles. The van der Waals surface area contributed by atoms with Gasteiger partial charge in [-0.05, 0) is 36.8 Å². The molecule has 0 aliphatic carbocycles. The molecule has 2 rings (SSSR count). The van der Waals surface area contributed by atoms with Crippen LogP contribution in [0, 0.1) is 0 Å². The maximum Gasteiger partial charge on any atom is 0.225 e. The second kappa shape index (κ2) is 9.58. The number of ketones is 1. The fourth-order valence-electron chi connectivity index (χ4n) is 2.46. The van der Waals surface area contributed by atoms with Crippen molar-refractivity contribution in [1.29, 1.82) is 0 Å². The van der Waals surface area contributed by atoms with E-state index in [-0.39, 0.29) is 11.7 Å². The highest BCUT2D eigenvalue weighted by molar-refractivity contribution is 5.97. The minimum atomic E-state index is -0.106. The van der Waals surface area contributed by atoms with Crippen molar-refractivity contribution in [3.63, 3.8) is 0 Å². The van der Waals surface area contributed by atoms with Crippen LogP contribution in [0.5, 0.6) is 11.5 Å². The number of nitrogens with one attached hydrogen (secondary N) is 2. The number of carbonyl (C=O) groups excluding carboxylic acids is 2. The average Bonchev–Trinajstić information content (AvgIpc) is 2.65. The second-order valence-electron chi connectivity index (χ2n) is 5.80. The summed E-state index contributed by atoms with van der Waals surface area (Å²) in [5.74, 6) is 1.22. The standard InChI is InChI=1S/C20H24N2O4/c1-14(23)16-5-4-6-17(12-16)22-20(24)9-10-21-13-15-7-8-18(25-2)19(11-15)26-3/h4-8,11-12,21H,9-10,13H2,1-3H3,(H,22,24). The topological polar surface area (TPSA) is 76.7 Å². The van der Waals surface area contributed by atoms with Gasteiger partial charge in [-0.3, -0.25) is 9.59 Å². The highest BCUT2D eigenvalue weighted by Crippen LogP contribution is 2.27. The molecule has 0 radical (unpaired) electrons. The number of rotatable bonds is 9. The van der Waals surface area contributed by atoms with Crippen molar-refractivity contribution >= 4 is 17.4 Å².